The lowest BCUT2D eigenvalue weighted by molar-refractivity contribution is -0.0498. The van der Waals surface area contributed by atoms with Crippen molar-refractivity contribution in [3.63, 3.8) is 0 Å². The molecule has 0 aromatic heterocycles. The Hall–Kier alpha value is -1.94. The van der Waals surface area contributed by atoms with Crippen molar-refractivity contribution >= 4 is 0 Å². The van der Waals surface area contributed by atoms with E-state index in [9.17, 15) is 8.78 Å². The molecular formula is C16H17F2NO. The summed E-state index contributed by atoms with van der Waals surface area (Å²) in [5, 5.41) is 0. The summed E-state index contributed by atoms with van der Waals surface area (Å²) in [5.41, 5.74) is 10.4. The van der Waals surface area contributed by atoms with E-state index < -0.39 is 6.61 Å². The van der Waals surface area contributed by atoms with Gasteiger partial charge in [0, 0.05) is 0 Å². The Bertz CT molecular complexity index is 582. The first kappa shape index (κ1) is 14.5. The lowest BCUT2D eigenvalue weighted by atomic mass is 9.94. The fourth-order valence-electron chi connectivity index (χ4n) is 2.21. The molecule has 0 fully saturated rings. The molecular weight excluding hydrogens is 260 g/mol. The van der Waals surface area contributed by atoms with Gasteiger partial charge in [-0.1, -0.05) is 35.9 Å². The molecule has 2 rings (SSSR count). The Morgan fingerprint density at radius 2 is 1.65 bits per heavy atom. The summed E-state index contributed by atoms with van der Waals surface area (Å²) in [7, 11) is 0. The average Bonchev–Trinajstić information content (AvgIpc) is 2.38. The van der Waals surface area contributed by atoms with Crippen LogP contribution in [0.1, 0.15) is 28.3 Å². The van der Waals surface area contributed by atoms with Crippen LogP contribution in [0.4, 0.5) is 8.78 Å². The van der Waals surface area contributed by atoms with Gasteiger partial charge in [-0.15, -0.1) is 0 Å². The molecule has 1 unspecified atom stereocenters. The van der Waals surface area contributed by atoms with E-state index in [2.05, 4.69) is 10.8 Å². The molecule has 2 nitrogen and oxygen atoms in total. The van der Waals surface area contributed by atoms with Crippen LogP contribution in [0.15, 0.2) is 42.5 Å². The molecule has 2 aromatic rings. The Balaban J connectivity index is 2.22. The Kier molecular flexibility index (Phi) is 4.35. The highest BCUT2D eigenvalue weighted by Gasteiger charge is 2.12. The van der Waals surface area contributed by atoms with E-state index in [-0.39, 0.29) is 11.8 Å². The first-order valence-electron chi connectivity index (χ1n) is 6.35. The maximum Gasteiger partial charge on any atom is 0.387 e. The van der Waals surface area contributed by atoms with Crippen LogP contribution in [0.2, 0.25) is 0 Å². The number of hydrogen-bond acceptors (Lipinski definition) is 2. The molecule has 4 heteroatoms. The third kappa shape index (κ3) is 3.33. The summed E-state index contributed by atoms with van der Waals surface area (Å²) < 4.78 is 28.5. The SMILES string of the molecule is Cc1ccc(C(N)c2ccc(OC(F)F)cc2)c(C)c1. The van der Waals surface area contributed by atoms with Crippen molar-refractivity contribution in [1.29, 1.82) is 0 Å². The molecule has 2 aromatic carbocycles. The van der Waals surface area contributed by atoms with Crippen molar-refractivity contribution in [2.75, 3.05) is 0 Å². The maximum absolute atomic E-state index is 12.1. The number of ether oxygens (including phenoxy) is 1. The molecule has 0 bridgehead atoms. The second-order valence-electron chi connectivity index (χ2n) is 4.79. The second-order valence-corrected chi connectivity index (χ2v) is 4.79. The van der Waals surface area contributed by atoms with Gasteiger partial charge in [-0.2, -0.15) is 8.78 Å². The lowest BCUT2D eigenvalue weighted by Crippen LogP contribution is -2.13. The topological polar surface area (TPSA) is 35.2 Å². The molecule has 1 atom stereocenters. The van der Waals surface area contributed by atoms with E-state index in [1.54, 1.807) is 12.1 Å². The number of rotatable bonds is 4. The van der Waals surface area contributed by atoms with Crippen molar-refractivity contribution in [2.45, 2.75) is 26.5 Å². The summed E-state index contributed by atoms with van der Waals surface area (Å²) in [6.07, 6.45) is 0. The highest BCUT2D eigenvalue weighted by Crippen LogP contribution is 2.25. The van der Waals surface area contributed by atoms with Gasteiger partial charge in [-0.25, -0.2) is 0 Å². The Morgan fingerprint density at radius 3 is 2.20 bits per heavy atom. The predicted molar refractivity (Wildman–Crippen MR) is 75.0 cm³/mol. The van der Waals surface area contributed by atoms with Crippen molar-refractivity contribution in [1.82, 2.24) is 0 Å². The molecule has 0 radical (unpaired) electrons. The summed E-state index contributed by atoms with van der Waals surface area (Å²) in [5.74, 6) is 0.136. The van der Waals surface area contributed by atoms with E-state index in [4.69, 9.17) is 5.73 Å². The normalized spacial score (nSPS) is 12.5. The molecule has 0 amide bonds. The van der Waals surface area contributed by atoms with Crippen LogP contribution in [0.5, 0.6) is 5.75 Å². The van der Waals surface area contributed by atoms with Gasteiger partial charge in [0.25, 0.3) is 0 Å². The maximum atomic E-state index is 12.1. The number of alkyl halides is 2. The van der Waals surface area contributed by atoms with Gasteiger partial charge in [-0.05, 0) is 42.7 Å². The summed E-state index contributed by atoms with van der Waals surface area (Å²) in [6, 6.07) is 12.2. The van der Waals surface area contributed by atoms with E-state index in [1.165, 1.54) is 17.7 Å². The van der Waals surface area contributed by atoms with Gasteiger partial charge in [0.15, 0.2) is 0 Å². The van der Waals surface area contributed by atoms with Crippen LogP contribution in [0.25, 0.3) is 0 Å². The second kappa shape index (κ2) is 6.01. The van der Waals surface area contributed by atoms with E-state index in [0.717, 1.165) is 16.7 Å². The van der Waals surface area contributed by atoms with Gasteiger partial charge < -0.3 is 10.5 Å². The van der Waals surface area contributed by atoms with Crippen molar-refractivity contribution in [2.24, 2.45) is 5.73 Å². The molecule has 0 saturated heterocycles. The quantitative estimate of drug-likeness (QED) is 0.918. The number of halogens is 2. The monoisotopic (exact) mass is 277 g/mol. The standard InChI is InChI=1S/C16H17F2NO/c1-10-3-8-14(11(2)9-10)15(19)12-4-6-13(7-5-12)20-16(17)18/h3-9,15-16H,19H2,1-2H3. The number of nitrogens with two attached hydrogens (primary N) is 1. The molecule has 0 aliphatic carbocycles. The molecule has 0 aliphatic rings. The number of aryl methyl sites for hydroxylation is 2. The van der Waals surface area contributed by atoms with Crippen molar-refractivity contribution in [3.8, 4) is 5.75 Å². The van der Waals surface area contributed by atoms with Crippen LogP contribution in [-0.4, -0.2) is 6.61 Å². The van der Waals surface area contributed by atoms with Crippen molar-refractivity contribution in [3.05, 3.63) is 64.7 Å². The van der Waals surface area contributed by atoms with E-state index in [1.807, 2.05) is 26.0 Å². The summed E-state index contributed by atoms with van der Waals surface area (Å²) in [6.45, 7) is 1.23. The Morgan fingerprint density at radius 1 is 1.00 bits per heavy atom. The minimum atomic E-state index is -2.81. The first-order valence-corrected chi connectivity index (χ1v) is 6.35. The fraction of sp³-hybridized carbons (Fsp3) is 0.250. The zero-order valence-corrected chi connectivity index (χ0v) is 11.4. The molecule has 0 heterocycles. The molecule has 0 saturated carbocycles. The van der Waals surface area contributed by atoms with Gasteiger partial charge in [0.2, 0.25) is 0 Å². The third-order valence-electron chi connectivity index (χ3n) is 3.22. The zero-order chi connectivity index (χ0) is 14.7. The molecule has 20 heavy (non-hydrogen) atoms. The van der Waals surface area contributed by atoms with Gasteiger partial charge in [0.05, 0.1) is 6.04 Å². The largest absolute Gasteiger partial charge is 0.435 e. The summed E-state index contributed by atoms with van der Waals surface area (Å²) >= 11 is 0. The first-order chi connectivity index (χ1) is 9.47. The highest BCUT2D eigenvalue weighted by molar-refractivity contribution is 5.40. The van der Waals surface area contributed by atoms with E-state index >= 15 is 0 Å². The van der Waals surface area contributed by atoms with Gasteiger partial charge in [-0.3, -0.25) is 0 Å². The van der Waals surface area contributed by atoms with Crippen LogP contribution >= 0.6 is 0 Å². The molecule has 0 spiro atoms. The van der Waals surface area contributed by atoms with Gasteiger partial charge >= 0.3 is 6.61 Å². The van der Waals surface area contributed by atoms with Crippen LogP contribution in [0.3, 0.4) is 0 Å². The van der Waals surface area contributed by atoms with Crippen LogP contribution in [0, 0.1) is 13.8 Å². The number of benzene rings is 2. The molecule has 0 aliphatic heterocycles. The average molecular weight is 277 g/mol. The zero-order valence-electron chi connectivity index (χ0n) is 11.4. The van der Waals surface area contributed by atoms with Gasteiger partial charge in [0.1, 0.15) is 5.75 Å². The predicted octanol–water partition coefficient (Wildman–Crippen LogP) is 3.95. The molecule has 2 N–H and O–H groups in total. The lowest BCUT2D eigenvalue weighted by Gasteiger charge is -2.16. The molecule has 106 valence electrons. The number of hydrogen-bond donors (Lipinski definition) is 1. The highest BCUT2D eigenvalue weighted by atomic mass is 19.3. The third-order valence-corrected chi connectivity index (χ3v) is 3.22. The minimum absolute atomic E-state index is 0.136. The van der Waals surface area contributed by atoms with Crippen LogP contribution < -0.4 is 10.5 Å². The minimum Gasteiger partial charge on any atom is -0.435 e. The Labute approximate surface area is 117 Å². The van der Waals surface area contributed by atoms with E-state index in [0.29, 0.717) is 0 Å². The van der Waals surface area contributed by atoms with Crippen molar-refractivity contribution < 1.29 is 13.5 Å². The van der Waals surface area contributed by atoms with Crippen LogP contribution in [-0.2, 0) is 0 Å². The summed E-state index contributed by atoms with van der Waals surface area (Å²) in [4.78, 5) is 0. The smallest absolute Gasteiger partial charge is 0.387 e. The fourth-order valence-corrected chi connectivity index (χ4v) is 2.21.